The maximum Gasteiger partial charge on any atom is 0.254 e. The molecular formula is C19H18FN5O2. The minimum absolute atomic E-state index is 0.106. The first-order chi connectivity index (χ1) is 13.1. The SMILES string of the molecule is O=C(CNC(=O)c1ccccc1F)Nc1ccn(CCc2ccncc2)n1. The number of anilines is 1. The van der Waals surface area contributed by atoms with Crippen LogP contribution in [0.2, 0.25) is 0 Å². The van der Waals surface area contributed by atoms with E-state index >= 15 is 0 Å². The zero-order valence-electron chi connectivity index (χ0n) is 14.4. The summed E-state index contributed by atoms with van der Waals surface area (Å²) in [7, 11) is 0. The monoisotopic (exact) mass is 367 g/mol. The van der Waals surface area contributed by atoms with Gasteiger partial charge in [-0.15, -0.1) is 0 Å². The molecule has 2 N–H and O–H groups in total. The van der Waals surface area contributed by atoms with E-state index in [9.17, 15) is 14.0 Å². The van der Waals surface area contributed by atoms with Crippen LogP contribution >= 0.6 is 0 Å². The van der Waals surface area contributed by atoms with Gasteiger partial charge in [-0.3, -0.25) is 19.3 Å². The van der Waals surface area contributed by atoms with Gasteiger partial charge in [-0.25, -0.2) is 4.39 Å². The average Bonchev–Trinajstić information content (AvgIpc) is 3.13. The molecule has 0 unspecified atom stereocenters. The van der Waals surface area contributed by atoms with Crippen LogP contribution in [0.3, 0.4) is 0 Å². The van der Waals surface area contributed by atoms with Gasteiger partial charge < -0.3 is 10.6 Å². The predicted molar refractivity (Wildman–Crippen MR) is 97.5 cm³/mol. The zero-order valence-corrected chi connectivity index (χ0v) is 14.4. The average molecular weight is 367 g/mol. The first kappa shape index (κ1) is 18.2. The fourth-order valence-corrected chi connectivity index (χ4v) is 2.43. The van der Waals surface area contributed by atoms with Gasteiger partial charge in [0.25, 0.3) is 5.91 Å². The van der Waals surface area contributed by atoms with Gasteiger partial charge >= 0.3 is 0 Å². The van der Waals surface area contributed by atoms with Crippen LogP contribution < -0.4 is 10.6 Å². The number of aromatic nitrogens is 3. The van der Waals surface area contributed by atoms with Crippen molar-refractivity contribution in [3.05, 3.63) is 78.0 Å². The fraction of sp³-hybridized carbons (Fsp3) is 0.158. The van der Waals surface area contributed by atoms with Crippen LogP contribution in [0.4, 0.5) is 10.2 Å². The highest BCUT2D eigenvalue weighted by atomic mass is 19.1. The molecule has 3 rings (SSSR count). The third kappa shape index (κ3) is 5.21. The fourth-order valence-electron chi connectivity index (χ4n) is 2.43. The number of hydrogen-bond acceptors (Lipinski definition) is 4. The van der Waals surface area contributed by atoms with Gasteiger partial charge in [0, 0.05) is 31.2 Å². The van der Waals surface area contributed by atoms with E-state index in [4.69, 9.17) is 0 Å². The number of aryl methyl sites for hydroxylation is 2. The standard InChI is InChI=1S/C19H18FN5O2/c20-16-4-2-1-3-15(16)19(27)22-13-18(26)23-17-8-12-25(24-17)11-7-14-5-9-21-10-6-14/h1-6,8-10,12H,7,11,13H2,(H,22,27)(H,23,24,26). The normalized spacial score (nSPS) is 10.4. The van der Waals surface area contributed by atoms with Crippen LogP contribution in [0.1, 0.15) is 15.9 Å². The molecule has 2 aromatic heterocycles. The molecule has 2 amide bonds. The summed E-state index contributed by atoms with van der Waals surface area (Å²) in [6, 6.07) is 11.1. The number of benzene rings is 1. The largest absolute Gasteiger partial charge is 0.343 e. The van der Waals surface area contributed by atoms with Gasteiger partial charge in [0.15, 0.2) is 5.82 Å². The second-order valence-corrected chi connectivity index (χ2v) is 5.78. The molecule has 0 bridgehead atoms. The summed E-state index contributed by atoms with van der Waals surface area (Å²) >= 11 is 0. The van der Waals surface area contributed by atoms with Gasteiger partial charge in [0.05, 0.1) is 12.1 Å². The number of halogens is 1. The van der Waals surface area contributed by atoms with Crippen LogP contribution in [0.15, 0.2) is 61.1 Å². The second kappa shape index (κ2) is 8.70. The van der Waals surface area contributed by atoms with Crippen molar-refractivity contribution in [1.82, 2.24) is 20.1 Å². The molecule has 0 aliphatic heterocycles. The quantitative estimate of drug-likeness (QED) is 0.669. The van der Waals surface area contributed by atoms with Gasteiger partial charge in [-0.2, -0.15) is 5.10 Å². The van der Waals surface area contributed by atoms with Crippen molar-refractivity contribution in [2.24, 2.45) is 0 Å². The molecule has 8 heteroatoms. The number of nitrogens with one attached hydrogen (secondary N) is 2. The summed E-state index contributed by atoms with van der Waals surface area (Å²) in [5.74, 6) is -1.34. The van der Waals surface area contributed by atoms with Crippen molar-refractivity contribution in [2.75, 3.05) is 11.9 Å². The molecule has 0 fully saturated rings. The molecule has 0 radical (unpaired) electrons. The molecule has 3 aromatic rings. The summed E-state index contributed by atoms with van der Waals surface area (Å²) < 4.78 is 15.2. The third-order valence-corrected chi connectivity index (χ3v) is 3.82. The Labute approximate surface area is 155 Å². The highest BCUT2D eigenvalue weighted by Gasteiger charge is 2.12. The Balaban J connectivity index is 1.46. The lowest BCUT2D eigenvalue weighted by Gasteiger charge is -2.06. The topological polar surface area (TPSA) is 88.9 Å². The molecule has 0 spiro atoms. The summed E-state index contributed by atoms with van der Waals surface area (Å²) in [5, 5.41) is 9.24. The lowest BCUT2D eigenvalue weighted by molar-refractivity contribution is -0.115. The Morgan fingerprint density at radius 3 is 2.63 bits per heavy atom. The van der Waals surface area contributed by atoms with Gasteiger partial charge in [-0.1, -0.05) is 12.1 Å². The third-order valence-electron chi connectivity index (χ3n) is 3.82. The molecular weight excluding hydrogens is 349 g/mol. The minimum Gasteiger partial charge on any atom is -0.343 e. The van der Waals surface area contributed by atoms with Gasteiger partial charge in [-0.05, 0) is 36.2 Å². The summed E-state index contributed by atoms with van der Waals surface area (Å²) in [4.78, 5) is 27.8. The predicted octanol–water partition coefficient (Wildman–Crippen LogP) is 2.03. The van der Waals surface area contributed by atoms with Gasteiger partial charge in [0.2, 0.25) is 5.91 Å². The first-order valence-electron chi connectivity index (χ1n) is 8.37. The summed E-state index contributed by atoms with van der Waals surface area (Å²) in [5.41, 5.74) is 1.03. The molecule has 138 valence electrons. The van der Waals surface area contributed by atoms with E-state index in [1.807, 2.05) is 12.1 Å². The maximum absolute atomic E-state index is 13.5. The van der Waals surface area contributed by atoms with Crippen molar-refractivity contribution in [3.8, 4) is 0 Å². The van der Waals surface area contributed by atoms with Crippen molar-refractivity contribution in [1.29, 1.82) is 0 Å². The van der Waals surface area contributed by atoms with E-state index in [2.05, 4.69) is 20.7 Å². The Bertz CT molecular complexity index is 927. The summed E-state index contributed by atoms with van der Waals surface area (Å²) in [6.45, 7) is 0.376. The smallest absolute Gasteiger partial charge is 0.254 e. The van der Waals surface area contributed by atoms with E-state index < -0.39 is 17.6 Å². The Hall–Kier alpha value is -3.55. The number of carbonyl (C=O) groups is 2. The van der Waals surface area contributed by atoms with E-state index in [0.717, 1.165) is 12.0 Å². The van der Waals surface area contributed by atoms with Crippen LogP contribution in [0.25, 0.3) is 0 Å². The highest BCUT2D eigenvalue weighted by Crippen LogP contribution is 2.07. The van der Waals surface area contributed by atoms with Crippen molar-refractivity contribution < 1.29 is 14.0 Å². The van der Waals surface area contributed by atoms with E-state index in [-0.39, 0.29) is 12.1 Å². The van der Waals surface area contributed by atoms with Crippen LogP contribution in [-0.2, 0) is 17.8 Å². The molecule has 1 aromatic carbocycles. The highest BCUT2D eigenvalue weighted by molar-refractivity contribution is 5.99. The number of nitrogens with zero attached hydrogens (tertiary/aromatic N) is 3. The molecule has 0 atom stereocenters. The number of carbonyl (C=O) groups excluding carboxylic acids is 2. The van der Waals surface area contributed by atoms with Crippen molar-refractivity contribution >= 4 is 17.6 Å². The van der Waals surface area contributed by atoms with Crippen LogP contribution in [0.5, 0.6) is 0 Å². The van der Waals surface area contributed by atoms with Crippen LogP contribution in [0, 0.1) is 5.82 Å². The molecule has 0 aliphatic rings. The lowest BCUT2D eigenvalue weighted by atomic mass is 10.2. The molecule has 2 heterocycles. The molecule has 0 saturated heterocycles. The molecule has 0 saturated carbocycles. The Kier molecular flexibility index (Phi) is 5.88. The molecule has 7 nitrogen and oxygen atoms in total. The lowest BCUT2D eigenvalue weighted by Crippen LogP contribution is -2.33. The summed E-state index contributed by atoms with van der Waals surface area (Å²) in [6.07, 6.45) is 6.02. The second-order valence-electron chi connectivity index (χ2n) is 5.78. The Morgan fingerprint density at radius 1 is 1.07 bits per heavy atom. The van der Waals surface area contributed by atoms with Crippen molar-refractivity contribution in [2.45, 2.75) is 13.0 Å². The van der Waals surface area contributed by atoms with E-state index in [0.29, 0.717) is 12.4 Å². The van der Waals surface area contributed by atoms with E-state index in [1.54, 1.807) is 35.4 Å². The number of hydrogen-bond donors (Lipinski definition) is 2. The molecule has 0 aliphatic carbocycles. The van der Waals surface area contributed by atoms with Crippen molar-refractivity contribution in [3.63, 3.8) is 0 Å². The number of pyridine rings is 1. The maximum atomic E-state index is 13.5. The number of amides is 2. The molecule has 27 heavy (non-hydrogen) atoms. The first-order valence-corrected chi connectivity index (χ1v) is 8.37. The van der Waals surface area contributed by atoms with E-state index in [1.165, 1.54) is 18.2 Å². The van der Waals surface area contributed by atoms with Gasteiger partial charge in [0.1, 0.15) is 5.82 Å². The van der Waals surface area contributed by atoms with Crippen LogP contribution in [-0.4, -0.2) is 33.1 Å². The Morgan fingerprint density at radius 2 is 1.85 bits per heavy atom. The zero-order chi connectivity index (χ0) is 19.1. The minimum atomic E-state index is -0.647. The number of rotatable bonds is 7.